The summed E-state index contributed by atoms with van der Waals surface area (Å²) in [5.74, 6) is 0.558. The lowest BCUT2D eigenvalue weighted by Gasteiger charge is -2.15. The van der Waals surface area contributed by atoms with Crippen LogP contribution in [0, 0.1) is 6.92 Å². The lowest BCUT2D eigenvalue weighted by molar-refractivity contribution is -0.128. The van der Waals surface area contributed by atoms with Crippen LogP contribution >= 0.6 is 11.6 Å². The van der Waals surface area contributed by atoms with Crippen molar-refractivity contribution in [3.63, 3.8) is 0 Å². The minimum atomic E-state index is -0.398. The van der Waals surface area contributed by atoms with Crippen molar-refractivity contribution in [3.05, 3.63) is 28.8 Å². The van der Waals surface area contributed by atoms with Crippen LogP contribution in [0.3, 0.4) is 0 Å². The number of hydrogen-bond acceptors (Lipinski definition) is 3. The second-order valence-corrected chi connectivity index (χ2v) is 6.18. The summed E-state index contributed by atoms with van der Waals surface area (Å²) in [5, 5.41) is 6.32. The Balaban J connectivity index is 1.68. The van der Waals surface area contributed by atoms with Crippen LogP contribution in [0.2, 0.25) is 5.02 Å². The smallest absolute Gasteiger partial charge is 0.242 e. The quantitative estimate of drug-likeness (QED) is 0.783. The van der Waals surface area contributed by atoms with Crippen LogP contribution in [-0.4, -0.2) is 31.0 Å². The van der Waals surface area contributed by atoms with E-state index in [1.54, 1.807) is 6.07 Å². The Morgan fingerprint density at radius 2 is 2.26 bits per heavy atom. The fraction of sp³-hybridized carbons (Fsp3) is 0.529. The molecule has 1 aromatic rings. The molecule has 1 aromatic carbocycles. The first-order valence-corrected chi connectivity index (χ1v) is 8.40. The van der Waals surface area contributed by atoms with Gasteiger partial charge in [-0.1, -0.05) is 11.6 Å². The molecule has 5 nitrogen and oxygen atoms in total. The standard InChI is InChI=1S/C17H23ClN2O3/c1-12-11-13(7-8-14(12)18)23-10-4-6-16(21)20-15-5-2-3-9-19-17(15)22/h7-8,11,15H,2-6,9-10H2,1H3,(H,19,22)(H,20,21). The highest BCUT2D eigenvalue weighted by Crippen LogP contribution is 2.21. The Labute approximate surface area is 141 Å². The lowest BCUT2D eigenvalue weighted by atomic mass is 10.1. The first-order valence-electron chi connectivity index (χ1n) is 8.02. The molecule has 1 aliphatic heterocycles. The minimum Gasteiger partial charge on any atom is -0.494 e. The van der Waals surface area contributed by atoms with Crippen molar-refractivity contribution >= 4 is 23.4 Å². The van der Waals surface area contributed by atoms with E-state index < -0.39 is 6.04 Å². The zero-order valence-electron chi connectivity index (χ0n) is 13.4. The third kappa shape index (κ3) is 5.75. The summed E-state index contributed by atoms with van der Waals surface area (Å²) in [6.07, 6.45) is 3.56. The summed E-state index contributed by atoms with van der Waals surface area (Å²) in [5.41, 5.74) is 0.960. The van der Waals surface area contributed by atoms with Gasteiger partial charge in [-0.2, -0.15) is 0 Å². The van der Waals surface area contributed by atoms with Crippen LogP contribution < -0.4 is 15.4 Å². The Morgan fingerprint density at radius 3 is 3.04 bits per heavy atom. The second kappa shape index (κ2) is 8.77. The van der Waals surface area contributed by atoms with E-state index in [9.17, 15) is 9.59 Å². The zero-order valence-corrected chi connectivity index (χ0v) is 14.1. The highest BCUT2D eigenvalue weighted by atomic mass is 35.5. The van der Waals surface area contributed by atoms with Gasteiger partial charge in [0.15, 0.2) is 0 Å². The number of halogens is 1. The minimum absolute atomic E-state index is 0.0799. The second-order valence-electron chi connectivity index (χ2n) is 5.77. The maximum absolute atomic E-state index is 11.9. The fourth-order valence-electron chi connectivity index (χ4n) is 2.47. The van der Waals surface area contributed by atoms with Gasteiger partial charge in [-0.25, -0.2) is 0 Å². The predicted octanol–water partition coefficient (Wildman–Crippen LogP) is 2.59. The number of hydrogen-bond donors (Lipinski definition) is 2. The molecular weight excluding hydrogens is 316 g/mol. The van der Waals surface area contributed by atoms with Gasteiger partial charge in [0.2, 0.25) is 11.8 Å². The third-order valence-electron chi connectivity index (χ3n) is 3.82. The molecule has 1 saturated heterocycles. The van der Waals surface area contributed by atoms with Crippen LogP contribution in [0.15, 0.2) is 18.2 Å². The van der Waals surface area contributed by atoms with E-state index in [1.165, 1.54) is 0 Å². The van der Waals surface area contributed by atoms with Gasteiger partial charge in [-0.05, 0) is 56.4 Å². The largest absolute Gasteiger partial charge is 0.494 e. The van der Waals surface area contributed by atoms with E-state index in [0.717, 1.165) is 24.2 Å². The van der Waals surface area contributed by atoms with Crippen LogP contribution in [-0.2, 0) is 9.59 Å². The molecule has 0 bridgehead atoms. The molecule has 1 atom stereocenters. The summed E-state index contributed by atoms with van der Waals surface area (Å²) >= 11 is 5.96. The van der Waals surface area contributed by atoms with Crippen molar-refractivity contribution in [1.29, 1.82) is 0 Å². The molecule has 6 heteroatoms. The lowest BCUT2D eigenvalue weighted by Crippen LogP contribution is -2.45. The van der Waals surface area contributed by atoms with Crippen LogP contribution in [0.25, 0.3) is 0 Å². The normalized spacial score (nSPS) is 18.0. The van der Waals surface area contributed by atoms with Crippen molar-refractivity contribution < 1.29 is 14.3 Å². The summed E-state index contributed by atoms with van der Waals surface area (Å²) in [6.45, 7) is 3.06. The molecule has 126 valence electrons. The van der Waals surface area contributed by atoms with E-state index >= 15 is 0 Å². The SMILES string of the molecule is Cc1cc(OCCCC(=O)NC2CCCCNC2=O)ccc1Cl. The number of carbonyl (C=O) groups is 2. The van der Waals surface area contributed by atoms with Gasteiger partial charge in [0, 0.05) is 18.0 Å². The van der Waals surface area contributed by atoms with Gasteiger partial charge in [0.05, 0.1) is 6.61 Å². The number of rotatable bonds is 6. The van der Waals surface area contributed by atoms with Crippen molar-refractivity contribution in [3.8, 4) is 5.75 Å². The summed E-state index contributed by atoms with van der Waals surface area (Å²) in [6, 6.07) is 5.08. The molecule has 0 spiro atoms. The van der Waals surface area contributed by atoms with Crippen LogP contribution in [0.4, 0.5) is 0 Å². The maximum atomic E-state index is 11.9. The number of nitrogens with one attached hydrogen (secondary N) is 2. The van der Waals surface area contributed by atoms with Crippen molar-refractivity contribution in [2.75, 3.05) is 13.2 Å². The average Bonchev–Trinajstić information content (AvgIpc) is 2.72. The van der Waals surface area contributed by atoms with E-state index in [1.807, 2.05) is 19.1 Å². The molecular formula is C17H23ClN2O3. The highest BCUT2D eigenvalue weighted by molar-refractivity contribution is 6.31. The summed E-state index contributed by atoms with van der Waals surface area (Å²) < 4.78 is 5.61. The van der Waals surface area contributed by atoms with E-state index in [4.69, 9.17) is 16.3 Å². The molecule has 0 aliphatic carbocycles. The van der Waals surface area contributed by atoms with Gasteiger partial charge in [0.1, 0.15) is 11.8 Å². The van der Waals surface area contributed by atoms with E-state index in [2.05, 4.69) is 10.6 Å². The number of benzene rings is 1. The number of ether oxygens (including phenoxy) is 1. The predicted molar refractivity (Wildman–Crippen MR) is 89.7 cm³/mol. The van der Waals surface area contributed by atoms with Crippen LogP contribution in [0.5, 0.6) is 5.75 Å². The molecule has 2 amide bonds. The number of amides is 2. The van der Waals surface area contributed by atoms with Gasteiger partial charge in [0.25, 0.3) is 0 Å². The van der Waals surface area contributed by atoms with Crippen molar-refractivity contribution in [1.82, 2.24) is 10.6 Å². The van der Waals surface area contributed by atoms with Gasteiger partial charge in [-0.3, -0.25) is 9.59 Å². The molecule has 0 radical (unpaired) electrons. The monoisotopic (exact) mass is 338 g/mol. The summed E-state index contributed by atoms with van der Waals surface area (Å²) in [4.78, 5) is 23.7. The third-order valence-corrected chi connectivity index (χ3v) is 4.24. The molecule has 2 rings (SSSR count). The van der Waals surface area contributed by atoms with Crippen LogP contribution in [0.1, 0.15) is 37.7 Å². The molecule has 1 unspecified atom stereocenters. The van der Waals surface area contributed by atoms with Crippen molar-refractivity contribution in [2.24, 2.45) is 0 Å². The van der Waals surface area contributed by atoms with E-state index in [-0.39, 0.29) is 11.8 Å². The molecule has 1 fully saturated rings. The van der Waals surface area contributed by atoms with Gasteiger partial charge >= 0.3 is 0 Å². The first-order chi connectivity index (χ1) is 11.1. The Bertz CT molecular complexity index is 563. The Kier molecular flexibility index (Phi) is 6.71. The van der Waals surface area contributed by atoms with Gasteiger partial charge in [-0.15, -0.1) is 0 Å². The van der Waals surface area contributed by atoms with E-state index in [0.29, 0.717) is 37.4 Å². The maximum Gasteiger partial charge on any atom is 0.242 e. The average molecular weight is 339 g/mol. The topological polar surface area (TPSA) is 67.4 Å². The molecule has 23 heavy (non-hydrogen) atoms. The molecule has 1 aliphatic rings. The summed E-state index contributed by atoms with van der Waals surface area (Å²) in [7, 11) is 0. The van der Waals surface area contributed by atoms with Crippen molar-refractivity contribution in [2.45, 2.75) is 45.1 Å². The molecule has 2 N–H and O–H groups in total. The fourth-order valence-corrected chi connectivity index (χ4v) is 2.59. The first kappa shape index (κ1) is 17.6. The van der Waals surface area contributed by atoms with Gasteiger partial charge < -0.3 is 15.4 Å². The molecule has 0 aromatic heterocycles. The highest BCUT2D eigenvalue weighted by Gasteiger charge is 2.21. The molecule has 1 heterocycles. The number of carbonyl (C=O) groups excluding carboxylic acids is 2. The number of aryl methyl sites for hydroxylation is 1. The Hall–Kier alpha value is -1.75. The Morgan fingerprint density at radius 1 is 1.43 bits per heavy atom. The molecule has 0 saturated carbocycles. The zero-order chi connectivity index (χ0) is 16.7.